The van der Waals surface area contributed by atoms with Gasteiger partial charge in [-0.15, -0.1) is 0 Å². The predicted molar refractivity (Wildman–Crippen MR) is 79.3 cm³/mol. The van der Waals surface area contributed by atoms with Crippen molar-refractivity contribution in [1.82, 2.24) is 4.98 Å². The van der Waals surface area contributed by atoms with Gasteiger partial charge in [-0.25, -0.2) is 4.98 Å². The molecule has 2 rings (SSSR count). The van der Waals surface area contributed by atoms with Crippen LogP contribution in [0.2, 0.25) is 0 Å². The summed E-state index contributed by atoms with van der Waals surface area (Å²) >= 11 is 6.98. The molecule has 0 saturated heterocycles. The van der Waals surface area contributed by atoms with Crippen molar-refractivity contribution in [3.63, 3.8) is 0 Å². The molecule has 1 aromatic heterocycles. The summed E-state index contributed by atoms with van der Waals surface area (Å²) in [6.45, 7) is 2.34. The molecule has 1 heterocycles. The fraction of sp³-hybridized carbons (Fsp3) is 0.615. The average Bonchev–Trinajstić information content (AvgIpc) is 2.48. The fourth-order valence-electron chi connectivity index (χ4n) is 2.40. The van der Waals surface area contributed by atoms with Crippen molar-refractivity contribution in [2.45, 2.75) is 45.1 Å². The molecule has 2 atom stereocenters. The maximum atomic E-state index is 4.43. The third-order valence-electron chi connectivity index (χ3n) is 3.49. The molecule has 0 aromatic carbocycles. The molecule has 0 spiro atoms. The number of hydrogen-bond acceptors (Lipinski definition) is 2. The molecule has 1 fully saturated rings. The van der Waals surface area contributed by atoms with Gasteiger partial charge in [-0.3, -0.25) is 0 Å². The Morgan fingerprint density at radius 3 is 2.76 bits per heavy atom. The Morgan fingerprint density at radius 1 is 1.24 bits per heavy atom. The van der Waals surface area contributed by atoms with Gasteiger partial charge >= 0.3 is 0 Å². The average molecular weight is 362 g/mol. The summed E-state index contributed by atoms with van der Waals surface area (Å²) in [6, 6.07) is 2.60. The van der Waals surface area contributed by atoms with E-state index in [1.54, 1.807) is 0 Å². The minimum absolute atomic E-state index is 0.558. The van der Waals surface area contributed by atoms with E-state index in [-0.39, 0.29) is 0 Å². The molecule has 1 aliphatic rings. The third kappa shape index (κ3) is 3.68. The van der Waals surface area contributed by atoms with E-state index in [0.717, 1.165) is 20.7 Å². The Kier molecular flexibility index (Phi) is 4.86. The van der Waals surface area contributed by atoms with Crippen molar-refractivity contribution in [2.24, 2.45) is 5.92 Å². The van der Waals surface area contributed by atoms with Crippen molar-refractivity contribution in [1.29, 1.82) is 0 Å². The molecule has 1 saturated carbocycles. The van der Waals surface area contributed by atoms with Gasteiger partial charge in [0.1, 0.15) is 5.82 Å². The van der Waals surface area contributed by atoms with Crippen LogP contribution in [0, 0.1) is 5.92 Å². The third-order valence-corrected chi connectivity index (χ3v) is 4.53. The molecule has 0 radical (unpaired) electrons. The number of pyridine rings is 1. The monoisotopic (exact) mass is 360 g/mol. The first-order valence-electron chi connectivity index (χ1n) is 6.24. The van der Waals surface area contributed by atoms with E-state index >= 15 is 0 Å². The molecule has 1 N–H and O–H groups in total. The van der Waals surface area contributed by atoms with Crippen LogP contribution in [0.15, 0.2) is 21.2 Å². The highest BCUT2D eigenvalue weighted by Gasteiger charge is 2.20. The van der Waals surface area contributed by atoms with Gasteiger partial charge in [-0.2, -0.15) is 0 Å². The first-order valence-corrected chi connectivity index (χ1v) is 7.83. The minimum atomic E-state index is 0.558. The van der Waals surface area contributed by atoms with E-state index in [1.165, 1.54) is 32.1 Å². The molecular weight excluding hydrogens is 344 g/mol. The zero-order chi connectivity index (χ0) is 12.3. The van der Waals surface area contributed by atoms with E-state index in [2.05, 4.69) is 49.1 Å². The normalized spacial score (nSPS) is 25.4. The topological polar surface area (TPSA) is 24.9 Å². The van der Waals surface area contributed by atoms with Crippen LogP contribution in [0.25, 0.3) is 0 Å². The second-order valence-electron chi connectivity index (χ2n) is 4.85. The van der Waals surface area contributed by atoms with Gasteiger partial charge in [0.2, 0.25) is 0 Å². The van der Waals surface area contributed by atoms with Crippen LogP contribution in [0.3, 0.4) is 0 Å². The molecule has 2 nitrogen and oxygen atoms in total. The Hall–Kier alpha value is -0.0900. The molecule has 4 heteroatoms. The number of halogens is 2. The van der Waals surface area contributed by atoms with Crippen molar-refractivity contribution in [3.05, 3.63) is 21.2 Å². The van der Waals surface area contributed by atoms with Crippen LogP contribution in [-0.4, -0.2) is 11.0 Å². The van der Waals surface area contributed by atoms with E-state index in [0.29, 0.717) is 6.04 Å². The van der Waals surface area contributed by atoms with E-state index in [1.807, 2.05) is 12.3 Å². The van der Waals surface area contributed by atoms with Gasteiger partial charge in [0.15, 0.2) is 0 Å². The largest absolute Gasteiger partial charge is 0.366 e. The van der Waals surface area contributed by atoms with Gasteiger partial charge in [-0.05, 0) is 56.7 Å². The number of hydrogen-bond donors (Lipinski definition) is 1. The lowest BCUT2D eigenvalue weighted by Gasteiger charge is -2.23. The van der Waals surface area contributed by atoms with Crippen LogP contribution >= 0.6 is 31.9 Å². The molecule has 94 valence electrons. The lowest BCUT2D eigenvalue weighted by Crippen LogP contribution is -2.26. The smallest absolute Gasteiger partial charge is 0.140 e. The number of anilines is 1. The lowest BCUT2D eigenvalue weighted by molar-refractivity contribution is 0.455. The summed E-state index contributed by atoms with van der Waals surface area (Å²) in [7, 11) is 0. The van der Waals surface area contributed by atoms with Crippen molar-refractivity contribution in [2.75, 3.05) is 5.32 Å². The standard InChI is InChI=1S/C13H18Br2N2/c1-9-5-3-2-4-6-12(9)17-13-11(15)7-10(14)8-16-13/h7-9,12H,2-6H2,1H3,(H,16,17). The maximum Gasteiger partial charge on any atom is 0.140 e. The molecule has 1 aromatic rings. The molecule has 17 heavy (non-hydrogen) atoms. The van der Waals surface area contributed by atoms with Crippen LogP contribution < -0.4 is 5.32 Å². The first-order chi connectivity index (χ1) is 8.16. The van der Waals surface area contributed by atoms with Crippen LogP contribution in [0.1, 0.15) is 39.0 Å². The Bertz CT molecular complexity index is 382. The summed E-state index contributed by atoms with van der Waals surface area (Å²) in [5.74, 6) is 1.70. The molecule has 0 aliphatic heterocycles. The summed E-state index contributed by atoms with van der Waals surface area (Å²) in [5, 5.41) is 3.59. The first kappa shape index (κ1) is 13.3. The van der Waals surface area contributed by atoms with Crippen molar-refractivity contribution in [3.8, 4) is 0 Å². The van der Waals surface area contributed by atoms with Gasteiger partial charge in [0.25, 0.3) is 0 Å². The summed E-state index contributed by atoms with van der Waals surface area (Å²) < 4.78 is 2.03. The Balaban J connectivity index is 2.08. The molecule has 0 amide bonds. The summed E-state index contributed by atoms with van der Waals surface area (Å²) in [5.41, 5.74) is 0. The Morgan fingerprint density at radius 2 is 2.00 bits per heavy atom. The second kappa shape index (κ2) is 6.19. The predicted octanol–water partition coefficient (Wildman–Crippen LogP) is 4.99. The van der Waals surface area contributed by atoms with Crippen LogP contribution in [0.4, 0.5) is 5.82 Å². The highest BCUT2D eigenvalue weighted by atomic mass is 79.9. The number of nitrogens with zero attached hydrogens (tertiary/aromatic N) is 1. The highest BCUT2D eigenvalue weighted by molar-refractivity contribution is 9.11. The SMILES string of the molecule is CC1CCCCCC1Nc1ncc(Br)cc1Br. The zero-order valence-electron chi connectivity index (χ0n) is 10.0. The van der Waals surface area contributed by atoms with E-state index in [4.69, 9.17) is 0 Å². The summed E-state index contributed by atoms with van der Waals surface area (Å²) in [4.78, 5) is 4.43. The van der Waals surface area contributed by atoms with Crippen LogP contribution in [-0.2, 0) is 0 Å². The van der Waals surface area contributed by atoms with Gasteiger partial charge in [0.05, 0.1) is 4.47 Å². The lowest BCUT2D eigenvalue weighted by atomic mass is 9.97. The minimum Gasteiger partial charge on any atom is -0.366 e. The van der Waals surface area contributed by atoms with Crippen LogP contribution in [0.5, 0.6) is 0 Å². The Labute approximate surface area is 120 Å². The van der Waals surface area contributed by atoms with Gasteiger partial charge in [-0.1, -0.05) is 26.2 Å². The van der Waals surface area contributed by atoms with E-state index < -0.39 is 0 Å². The molecular formula is C13H18Br2N2. The quantitative estimate of drug-likeness (QED) is 0.750. The van der Waals surface area contributed by atoms with Gasteiger partial charge < -0.3 is 5.32 Å². The number of rotatable bonds is 2. The number of nitrogens with one attached hydrogen (secondary N) is 1. The number of aromatic nitrogens is 1. The van der Waals surface area contributed by atoms with Crippen molar-refractivity contribution < 1.29 is 0 Å². The highest BCUT2D eigenvalue weighted by Crippen LogP contribution is 2.29. The molecule has 2 unspecified atom stereocenters. The van der Waals surface area contributed by atoms with E-state index in [9.17, 15) is 0 Å². The fourth-order valence-corrected chi connectivity index (χ4v) is 3.51. The van der Waals surface area contributed by atoms with Gasteiger partial charge in [0, 0.05) is 16.7 Å². The maximum absolute atomic E-state index is 4.43. The zero-order valence-corrected chi connectivity index (χ0v) is 13.2. The summed E-state index contributed by atoms with van der Waals surface area (Å²) in [6.07, 6.45) is 8.49. The molecule has 0 bridgehead atoms. The molecule has 1 aliphatic carbocycles. The second-order valence-corrected chi connectivity index (χ2v) is 6.62. The van der Waals surface area contributed by atoms with Crippen molar-refractivity contribution >= 4 is 37.7 Å².